The Kier molecular flexibility index (Phi) is 4.56. The highest BCUT2D eigenvalue weighted by molar-refractivity contribution is 5.94. The summed E-state index contributed by atoms with van der Waals surface area (Å²) in [5.74, 6) is 0.907. The number of nitrogens with zero attached hydrogens (tertiary/aromatic N) is 3. The fourth-order valence-corrected chi connectivity index (χ4v) is 3.89. The van der Waals surface area contributed by atoms with Gasteiger partial charge in [0.1, 0.15) is 11.4 Å². The molecule has 2 aromatic rings. The average molecular weight is 365 g/mol. The van der Waals surface area contributed by atoms with E-state index in [2.05, 4.69) is 4.98 Å². The number of para-hydroxylation sites is 1. The van der Waals surface area contributed by atoms with Gasteiger partial charge in [-0.1, -0.05) is 18.2 Å². The van der Waals surface area contributed by atoms with Crippen LogP contribution in [-0.2, 0) is 11.3 Å². The number of ether oxygens (including phenoxy) is 1. The van der Waals surface area contributed by atoms with Gasteiger partial charge in [0, 0.05) is 62.9 Å². The van der Waals surface area contributed by atoms with Crippen molar-refractivity contribution < 1.29 is 14.3 Å². The molecule has 6 heteroatoms. The number of piperidine rings is 1. The number of hydrogen-bond donors (Lipinski definition) is 0. The number of carbonyl (C=O) groups excluding carboxylic acids is 2. The van der Waals surface area contributed by atoms with Crippen LogP contribution >= 0.6 is 0 Å². The van der Waals surface area contributed by atoms with Crippen LogP contribution in [0.25, 0.3) is 0 Å². The van der Waals surface area contributed by atoms with Crippen LogP contribution in [0.2, 0.25) is 0 Å². The molecule has 1 aromatic heterocycles. The highest BCUT2D eigenvalue weighted by Crippen LogP contribution is 2.35. The van der Waals surface area contributed by atoms with Crippen molar-refractivity contribution in [3.63, 3.8) is 0 Å². The summed E-state index contributed by atoms with van der Waals surface area (Å²) in [6, 6.07) is 11.4. The molecule has 0 atom stereocenters. The molecule has 140 valence electrons. The molecule has 1 fully saturated rings. The Labute approximate surface area is 158 Å². The number of amides is 2. The Morgan fingerprint density at radius 3 is 2.44 bits per heavy atom. The molecule has 6 nitrogen and oxygen atoms in total. The van der Waals surface area contributed by atoms with Gasteiger partial charge in [-0.25, -0.2) is 0 Å². The summed E-state index contributed by atoms with van der Waals surface area (Å²) in [7, 11) is 0. The summed E-state index contributed by atoms with van der Waals surface area (Å²) in [5, 5.41) is 0. The van der Waals surface area contributed by atoms with E-state index in [1.54, 1.807) is 31.5 Å². The van der Waals surface area contributed by atoms with E-state index in [0.717, 1.165) is 11.3 Å². The van der Waals surface area contributed by atoms with E-state index >= 15 is 0 Å². The Morgan fingerprint density at radius 2 is 1.74 bits per heavy atom. The largest absolute Gasteiger partial charge is 0.485 e. The molecule has 0 saturated carbocycles. The van der Waals surface area contributed by atoms with Crippen LogP contribution in [0.5, 0.6) is 5.75 Å². The topological polar surface area (TPSA) is 62.7 Å². The summed E-state index contributed by atoms with van der Waals surface area (Å²) < 4.78 is 6.46. The Hall–Kier alpha value is -2.89. The molecule has 0 N–H and O–H groups in total. The highest BCUT2D eigenvalue weighted by atomic mass is 16.5. The Morgan fingerprint density at radius 1 is 1.04 bits per heavy atom. The van der Waals surface area contributed by atoms with Crippen molar-refractivity contribution in [3.05, 3.63) is 59.9 Å². The van der Waals surface area contributed by atoms with E-state index in [0.29, 0.717) is 44.6 Å². The van der Waals surface area contributed by atoms with Crippen molar-refractivity contribution in [2.24, 2.45) is 0 Å². The van der Waals surface area contributed by atoms with Crippen LogP contribution in [0.15, 0.2) is 48.8 Å². The van der Waals surface area contributed by atoms with Gasteiger partial charge in [0.15, 0.2) is 0 Å². The van der Waals surface area contributed by atoms with E-state index in [4.69, 9.17) is 4.74 Å². The van der Waals surface area contributed by atoms with Gasteiger partial charge in [0.05, 0.1) is 6.54 Å². The molecule has 2 aliphatic rings. The van der Waals surface area contributed by atoms with Gasteiger partial charge in [-0.3, -0.25) is 14.6 Å². The predicted octanol–water partition coefficient (Wildman–Crippen LogP) is 2.50. The molecule has 0 radical (unpaired) electrons. The molecule has 2 amide bonds. The van der Waals surface area contributed by atoms with Gasteiger partial charge in [-0.05, 0) is 18.2 Å². The first kappa shape index (κ1) is 17.5. The fourth-order valence-electron chi connectivity index (χ4n) is 3.89. The van der Waals surface area contributed by atoms with Crippen LogP contribution in [0.4, 0.5) is 0 Å². The second kappa shape index (κ2) is 7.02. The van der Waals surface area contributed by atoms with Gasteiger partial charge in [-0.15, -0.1) is 0 Å². The van der Waals surface area contributed by atoms with E-state index in [1.165, 1.54) is 0 Å². The summed E-state index contributed by atoms with van der Waals surface area (Å²) in [6.45, 7) is 3.93. The second-order valence-electron chi connectivity index (χ2n) is 7.30. The standard InChI is InChI=1S/C21H23N3O3/c1-16(25)24-14-18-4-2-3-5-19(18)27-21(15-24)8-12-23(13-9-21)20(26)17-6-10-22-11-7-17/h2-7,10-11H,8-9,12-15H2,1H3. The molecular weight excluding hydrogens is 342 g/mol. The number of carbonyl (C=O) groups is 2. The molecule has 4 rings (SSSR count). The van der Waals surface area contributed by atoms with Crippen LogP contribution < -0.4 is 4.74 Å². The molecule has 0 bridgehead atoms. The first-order valence-corrected chi connectivity index (χ1v) is 9.28. The van der Waals surface area contributed by atoms with Crippen molar-refractivity contribution in [1.82, 2.24) is 14.8 Å². The van der Waals surface area contributed by atoms with Crippen LogP contribution in [-0.4, -0.2) is 51.8 Å². The van der Waals surface area contributed by atoms with Gasteiger partial charge in [0.2, 0.25) is 5.91 Å². The van der Waals surface area contributed by atoms with E-state index in [9.17, 15) is 9.59 Å². The lowest BCUT2D eigenvalue weighted by Gasteiger charge is -2.42. The Balaban J connectivity index is 1.54. The lowest BCUT2D eigenvalue weighted by Crippen LogP contribution is -2.55. The quantitative estimate of drug-likeness (QED) is 0.779. The first-order valence-electron chi connectivity index (χ1n) is 9.28. The molecule has 0 unspecified atom stereocenters. The van der Waals surface area contributed by atoms with E-state index in [1.807, 2.05) is 34.1 Å². The molecule has 1 aromatic carbocycles. The number of hydrogen-bond acceptors (Lipinski definition) is 4. The van der Waals surface area contributed by atoms with Gasteiger partial charge in [0.25, 0.3) is 5.91 Å². The zero-order valence-corrected chi connectivity index (χ0v) is 15.4. The minimum absolute atomic E-state index is 0.0182. The minimum Gasteiger partial charge on any atom is -0.485 e. The fraction of sp³-hybridized carbons (Fsp3) is 0.381. The zero-order valence-electron chi connectivity index (χ0n) is 15.4. The minimum atomic E-state index is -0.451. The molecule has 1 spiro atoms. The lowest BCUT2D eigenvalue weighted by molar-refractivity contribution is -0.132. The van der Waals surface area contributed by atoms with Gasteiger partial charge < -0.3 is 14.5 Å². The summed E-state index contributed by atoms with van der Waals surface area (Å²) >= 11 is 0. The molecule has 1 saturated heterocycles. The van der Waals surface area contributed by atoms with Crippen LogP contribution in [0.1, 0.15) is 35.7 Å². The third kappa shape index (κ3) is 3.52. The number of fused-ring (bicyclic) bond motifs is 1. The highest BCUT2D eigenvalue weighted by Gasteiger charge is 2.42. The number of benzene rings is 1. The molecule has 0 aliphatic carbocycles. The summed E-state index contributed by atoms with van der Waals surface area (Å²) in [6.07, 6.45) is 4.66. The average Bonchev–Trinajstić information content (AvgIpc) is 2.85. The molecule has 27 heavy (non-hydrogen) atoms. The number of likely N-dealkylation sites (tertiary alicyclic amines) is 1. The van der Waals surface area contributed by atoms with E-state index < -0.39 is 5.60 Å². The van der Waals surface area contributed by atoms with Gasteiger partial charge >= 0.3 is 0 Å². The SMILES string of the molecule is CC(=O)N1Cc2ccccc2OC2(CCN(C(=O)c3ccncc3)CC2)C1. The number of rotatable bonds is 1. The second-order valence-corrected chi connectivity index (χ2v) is 7.30. The molecule has 3 heterocycles. The molecule has 2 aliphatic heterocycles. The van der Waals surface area contributed by atoms with Crippen LogP contribution in [0.3, 0.4) is 0 Å². The summed E-state index contributed by atoms with van der Waals surface area (Å²) in [4.78, 5) is 32.5. The number of pyridine rings is 1. The van der Waals surface area contributed by atoms with E-state index in [-0.39, 0.29) is 11.8 Å². The van der Waals surface area contributed by atoms with Crippen molar-refractivity contribution in [2.45, 2.75) is 31.9 Å². The van der Waals surface area contributed by atoms with Gasteiger partial charge in [-0.2, -0.15) is 0 Å². The normalized spacial score (nSPS) is 18.4. The predicted molar refractivity (Wildman–Crippen MR) is 100 cm³/mol. The maximum atomic E-state index is 12.7. The van der Waals surface area contributed by atoms with Crippen molar-refractivity contribution >= 4 is 11.8 Å². The third-order valence-electron chi connectivity index (χ3n) is 5.47. The van der Waals surface area contributed by atoms with Crippen molar-refractivity contribution in [1.29, 1.82) is 0 Å². The first-order chi connectivity index (χ1) is 13.1. The lowest BCUT2D eigenvalue weighted by atomic mass is 9.90. The van der Waals surface area contributed by atoms with Crippen molar-refractivity contribution in [3.8, 4) is 5.75 Å². The maximum Gasteiger partial charge on any atom is 0.253 e. The Bertz CT molecular complexity index is 845. The smallest absolute Gasteiger partial charge is 0.253 e. The van der Waals surface area contributed by atoms with Crippen LogP contribution in [0, 0.1) is 0 Å². The summed E-state index contributed by atoms with van der Waals surface area (Å²) in [5.41, 5.74) is 1.23. The van der Waals surface area contributed by atoms with Crippen molar-refractivity contribution in [2.75, 3.05) is 19.6 Å². The third-order valence-corrected chi connectivity index (χ3v) is 5.47. The number of aromatic nitrogens is 1. The maximum absolute atomic E-state index is 12.7. The molecular formula is C21H23N3O3. The monoisotopic (exact) mass is 365 g/mol. The zero-order chi connectivity index (χ0) is 18.9.